The van der Waals surface area contributed by atoms with Crippen LogP contribution in [0, 0.1) is 11.3 Å². The van der Waals surface area contributed by atoms with E-state index in [0.29, 0.717) is 6.54 Å². The van der Waals surface area contributed by atoms with Crippen LogP contribution in [-0.4, -0.2) is 22.0 Å². The number of nitrogens with zero attached hydrogens (tertiary/aromatic N) is 2. The number of aromatic amines is 1. The van der Waals surface area contributed by atoms with Crippen LogP contribution >= 0.6 is 0 Å². The number of aromatic nitrogens is 2. The molecule has 1 rings (SSSR count). The molecule has 96 valence electrons. The SMILES string of the molecule is CCCNC(=O)CCn1cc(C#N)c(=O)[nH]c1=O. The van der Waals surface area contributed by atoms with Crippen LogP contribution in [0.1, 0.15) is 25.3 Å². The molecule has 0 radical (unpaired) electrons. The highest BCUT2D eigenvalue weighted by molar-refractivity contribution is 5.75. The van der Waals surface area contributed by atoms with Crippen LogP contribution < -0.4 is 16.6 Å². The molecule has 1 aromatic heterocycles. The Morgan fingerprint density at radius 3 is 2.89 bits per heavy atom. The maximum Gasteiger partial charge on any atom is 0.328 e. The fourth-order valence-corrected chi connectivity index (χ4v) is 1.33. The third kappa shape index (κ3) is 3.59. The van der Waals surface area contributed by atoms with E-state index >= 15 is 0 Å². The van der Waals surface area contributed by atoms with Crippen LogP contribution in [0.15, 0.2) is 15.8 Å². The number of amides is 1. The van der Waals surface area contributed by atoms with E-state index in [1.165, 1.54) is 0 Å². The molecule has 2 N–H and O–H groups in total. The molecule has 1 aromatic rings. The normalized spacial score (nSPS) is 9.78. The van der Waals surface area contributed by atoms with Gasteiger partial charge < -0.3 is 5.32 Å². The molecule has 0 saturated carbocycles. The standard InChI is InChI=1S/C11H14N4O3/c1-2-4-13-9(16)3-5-15-7-8(6-12)10(17)14-11(15)18/h7H,2-5H2,1H3,(H,13,16)(H,14,17,18). The van der Waals surface area contributed by atoms with Gasteiger partial charge in [-0.2, -0.15) is 5.26 Å². The topological polar surface area (TPSA) is 108 Å². The first-order valence-corrected chi connectivity index (χ1v) is 5.59. The van der Waals surface area contributed by atoms with Crippen molar-refractivity contribution in [3.8, 4) is 6.07 Å². The van der Waals surface area contributed by atoms with Crippen LogP contribution in [0.2, 0.25) is 0 Å². The van der Waals surface area contributed by atoms with E-state index in [2.05, 4.69) is 5.32 Å². The van der Waals surface area contributed by atoms with Gasteiger partial charge in [-0.15, -0.1) is 0 Å². The van der Waals surface area contributed by atoms with Gasteiger partial charge in [0.15, 0.2) is 0 Å². The molecule has 1 heterocycles. The molecule has 0 atom stereocenters. The van der Waals surface area contributed by atoms with Crippen molar-refractivity contribution >= 4 is 5.91 Å². The van der Waals surface area contributed by atoms with Crippen molar-refractivity contribution in [2.24, 2.45) is 0 Å². The number of hydrogen-bond acceptors (Lipinski definition) is 4. The molecular formula is C11H14N4O3. The number of H-pyrrole nitrogens is 1. The number of nitrogens with one attached hydrogen (secondary N) is 2. The first kappa shape index (κ1) is 13.7. The summed E-state index contributed by atoms with van der Waals surface area (Å²) in [7, 11) is 0. The average Bonchev–Trinajstić information content (AvgIpc) is 2.35. The Morgan fingerprint density at radius 2 is 2.28 bits per heavy atom. The third-order valence-corrected chi connectivity index (χ3v) is 2.28. The van der Waals surface area contributed by atoms with Gasteiger partial charge in [0.2, 0.25) is 5.91 Å². The maximum atomic E-state index is 11.4. The molecular weight excluding hydrogens is 236 g/mol. The summed E-state index contributed by atoms with van der Waals surface area (Å²) < 4.78 is 1.14. The molecule has 0 saturated heterocycles. The summed E-state index contributed by atoms with van der Waals surface area (Å²) in [5.41, 5.74) is -1.49. The number of hydrogen-bond donors (Lipinski definition) is 2. The summed E-state index contributed by atoms with van der Waals surface area (Å²) in [4.78, 5) is 35.9. The minimum atomic E-state index is -0.714. The van der Waals surface area contributed by atoms with Crippen molar-refractivity contribution in [1.29, 1.82) is 5.26 Å². The highest BCUT2D eigenvalue weighted by Gasteiger charge is 2.06. The Kier molecular flexibility index (Phi) is 4.87. The average molecular weight is 250 g/mol. The van der Waals surface area contributed by atoms with Gasteiger partial charge in [0.1, 0.15) is 11.6 Å². The van der Waals surface area contributed by atoms with Gasteiger partial charge >= 0.3 is 5.69 Å². The fourth-order valence-electron chi connectivity index (χ4n) is 1.33. The third-order valence-electron chi connectivity index (χ3n) is 2.28. The van der Waals surface area contributed by atoms with E-state index in [0.717, 1.165) is 17.2 Å². The van der Waals surface area contributed by atoms with Gasteiger partial charge in [0, 0.05) is 25.7 Å². The van der Waals surface area contributed by atoms with Crippen molar-refractivity contribution in [3.05, 3.63) is 32.6 Å². The van der Waals surface area contributed by atoms with Gasteiger partial charge in [-0.3, -0.25) is 19.1 Å². The highest BCUT2D eigenvalue weighted by Crippen LogP contribution is 1.89. The Balaban J connectivity index is 2.74. The van der Waals surface area contributed by atoms with E-state index in [4.69, 9.17) is 5.26 Å². The zero-order valence-electron chi connectivity index (χ0n) is 10.0. The lowest BCUT2D eigenvalue weighted by Crippen LogP contribution is -2.33. The number of rotatable bonds is 5. The molecule has 0 fully saturated rings. The van der Waals surface area contributed by atoms with Gasteiger partial charge in [-0.25, -0.2) is 4.79 Å². The Labute approximate surface area is 103 Å². The van der Waals surface area contributed by atoms with Crippen LogP contribution in [0.4, 0.5) is 0 Å². The van der Waals surface area contributed by atoms with Gasteiger partial charge in [-0.05, 0) is 6.42 Å². The van der Waals surface area contributed by atoms with E-state index in [1.807, 2.05) is 11.9 Å². The molecule has 7 nitrogen and oxygen atoms in total. The second kappa shape index (κ2) is 6.39. The number of aryl methyl sites for hydroxylation is 1. The highest BCUT2D eigenvalue weighted by atomic mass is 16.2. The van der Waals surface area contributed by atoms with Gasteiger partial charge in [0.05, 0.1) is 0 Å². The van der Waals surface area contributed by atoms with Crippen molar-refractivity contribution in [3.63, 3.8) is 0 Å². The van der Waals surface area contributed by atoms with Crippen LogP contribution in [-0.2, 0) is 11.3 Å². The minimum Gasteiger partial charge on any atom is -0.356 e. The quantitative estimate of drug-likeness (QED) is 0.722. The summed E-state index contributed by atoms with van der Waals surface area (Å²) in [5.74, 6) is -0.173. The Bertz CT molecular complexity index is 579. The number of nitriles is 1. The van der Waals surface area contributed by atoms with Crippen LogP contribution in [0.5, 0.6) is 0 Å². The summed E-state index contributed by atoms with van der Waals surface area (Å²) in [5, 5.41) is 11.3. The summed E-state index contributed by atoms with van der Waals surface area (Å²) in [6.07, 6.45) is 2.12. The van der Waals surface area contributed by atoms with Crippen molar-refractivity contribution in [2.75, 3.05) is 6.54 Å². The summed E-state index contributed by atoms with van der Waals surface area (Å²) >= 11 is 0. The molecule has 0 aliphatic carbocycles. The fraction of sp³-hybridized carbons (Fsp3) is 0.455. The molecule has 0 spiro atoms. The molecule has 0 bridgehead atoms. The molecule has 0 aromatic carbocycles. The zero-order chi connectivity index (χ0) is 13.5. The zero-order valence-corrected chi connectivity index (χ0v) is 10.0. The molecule has 7 heteroatoms. The first-order chi connectivity index (χ1) is 8.58. The van der Waals surface area contributed by atoms with Crippen LogP contribution in [0.25, 0.3) is 0 Å². The molecule has 0 aliphatic heterocycles. The number of carbonyl (C=O) groups is 1. The smallest absolute Gasteiger partial charge is 0.328 e. The lowest BCUT2D eigenvalue weighted by atomic mass is 10.3. The van der Waals surface area contributed by atoms with Crippen molar-refractivity contribution in [1.82, 2.24) is 14.9 Å². The Morgan fingerprint density at radius 1 is 1.56 bits per heavy atom. The van der Waals surface area contributed by atoms with E-state index in [1.54, 1.807) is 6.07 Å². The lowest BCUT2D eigenvalue weighted by Gasteiger charge is -2.05. The number of carbonyl (C=O) groups excluding carboxylic acids is 1. The second-order valence-corrected chi connectivity index (χ2v) is 3.71. The second-order valence-electron chi connectivity index (χ2n) is 3.71. The minimum absolute atomic E-state index is 0.122. The predicted octanol–water partition coefficient (Wildman–Crippen LogP) is -0.675. The van der Waals surface area contributed by atoms with Gasteiger partial charge in [-0.1, -0.05) is 6.92 Å². The Hall–Kier alpha value is -2.36. The molecule has 1 amide bonds. The van der Waals surface area contributed by atoms with Crippen LogP contribution in [0.3, 0.4) is 0 Å². The van der Waals surface area contributed by atoms with E-state index in [-0.39, 0.29) is 24.4 Å². The lowest BCUT2D eigenvalue weighted by molar-refractivity contribution is -0.121. The summed E-state index contributed by atoms with van der Waals surface area (Å²) in [6, 6.07) is 1.68. The van der Waals surface area contributed by atoms with Crippen molar-refractivity contribution in [2.45, 2.75) is 26.3 Å². The molecule has 0 unspecified atom stereocenters. The van der Waals surface area contributed by atoms with Gasteiger partial charge in [0.25, 0.3) is 5.56 Å². The van der Waals surface area contributed by atoms with E-state index < -0.39 is 11.2 Å². The monoisotopic (exact) mass is 250 g/mol. The maximum absolute atomic E-state index is 11.4. The first-order valence-electron chi connectivity index (χ1n) is 5.59. The predicted molar refractivity (Wildman–Crippen MR) is 64.0 cm³/mol. The summed E-state index contributed by atoms with van der Waals surface area (Å²) in [6.45, 7) is 2.65. The van der Waals surface area contributed by atoms with Crippen molar-refractivity contribution < 1.29 is 4.79 Å². The molecule has 18 heavy (non-hydrogen) atoms. The molecule has 0 aliphatic rings. The largest absolute Gasteiger partial charge is 0.356 e. The van der Waals surface area contributed by atoms with E-state index in [9.17, 15) is 14.4 Å².